The van der Waals surface area contributed by atoms with E-state index < -0.39 is 0 Å². The molecule has 1 rings (SSSR count). The van der Waals surface area contributed by atoms with Gasteiger partial charge in [-0.3, -0.25) is 4.90 Å². The quantitative estimate of drug-likeness (QED) is 0.655. The predicted molar refractivity (Wildman–Crippen MR) is 71.6 cm³/mol. The minimum absolute atomic E-state index is 0.285. The van der Waals surface area contributed by atoms with E-state index in [1.165, 1.54) is 51.6 Å². The van der Waals surface area contributed by atoms with Crippen molar-refractivity contribution in [3.05, 3.63) is 0 Å². The highest BCUT2D eigenvalue weighted by Gasteiger charge is 2.35. The van der Waals surface area contributed by atoms with Crippen LogP contribution >= 0.6 is 0 Å². The summed E-state index contributed by atoms with van der Waals surface area (Å²) in [6, 6.07) is 0. The van der Waals surface area contributed by atoms with Crippen LogP contribution in [0.15, 0.2) is 0 Å². The molecule has 0 heterocycles. The largest absolute Gasteiger partial charge is 0.329 e. The lowest BCUT2D eigenvalue weighted by molar-refractivity contribution is 0.0742. The summed E-state index contributed by atoms with van der Waals surface area (Å²) in [5.41, 5.74) is 6.38. The smallest absolute Gasteiger partial charge is 0.0329 e. The van der Waals surface area contributed by atoms with E-state index in [-0.39, 0.29) is 5.54 Å². The van der Waals surface area contributed by atoms with Crippen LogP contribution in [0.1, 0.15) is 59.3 Å². The lowest BCUT2D eigenvalue weighted by Crippen LogP contribution is -2.54. The molecule has 0 bridgehead atoms. The second-order valence-electron chi connectivity index (χ2n) is 5.42. The van der Waals surface area contributed by atoms with Gasteiger partial charge in [0, 0.05) is 18.6 Å². The van der Waals surface area contributed by atoms with E-state index >= 15 is 0 Å². The van der Waals surface area contributed by atoms with Gasteiger partial charge in [0.2, 0.25) is 0 Å². The monoisotopic (exact) mass is 226 g/mol. The van der Waals surface area contributed by atoms with Crippen molar-refractivity contribution in [1.82, 2.24) is 4.90 Å². The second kappa shape index (κ2) is 6.61. The molecule has 1 fully saturated rings. The summed E-state index contributed by atoms with van der Waals surface area (Å²) in [7, 11) is 0. The molecule has 0 amide bonds. The third-order valence-corrected chi connectivity index (χ3v) is 4.09. The molecule has 1 atom stereocenters. The van der Waals surface area contributed by atoms with Gasteiger partial charge >= 0.3 is 0 Å². The van der Waals surface area contributed by atoms with Crippen molar-refractivity contribution < 1.29 is 0 Å². The van der Waals surface area contributed by atoms with Crippen LogP contribution in [0.2, 0.25) is 0 Å². The van der Waals surface area contributed by atoms with Crippen LogP contribution in [0.3, 0.4) is 0 Å². The Labute approximate surface area is 102 Å². The molecular weight excluding hydrogens is 196 g/mol. The van der Waals surface area contributed by atoms with Crippen LogP contribution in [0.25, 0.3) is 0 Å². The van der Waals surface area contributed by atoms with Crippen molar-refractivity contribution in [2.75, 3.05) is 19.6 Å². The Morgan fingerprint density at radius 2 is 1.88 bits per heavy atom. The molecule has 2 heteroatoms. The third kappa shape index (κ3) is 3.46. The number of rotatable bonds is 9. The molecule has 0 aromatic heterocycles. The Morgan fingerprint density at radius 1 is 1.19 bits per heavy atom. The molecule has 1 aliphatic carbocycles. The van der Waals surface area contributed by atoms with Gasteiger partial charge in [0.05, 0.1) is 0 Å². The molecule has 0 spiro atoms. The zero-order valence-electron chi connectivity index (χ0n) is 11.5. The second-order valence-corrected chi connectivity index (χ2v) is 5.42. The van der Waals surface area contributed by atoms with E-state index in [0.717, 1.165) is 12.5 Å². The van der Waals surface area contributed by atoms with Gasteiger partial charge in [0.15, 0.2) is 0 Å². The van der Waals surface area contributed by atoms with Crippen LogP contribution in [0.4, 0.5) is 0 Å². The minimum Gasteiger partial charge on any atom is -0.329 e. The predicted octanol–water partition coefficient (Wildman–Crippen LogP) is 3.02. The highest BCUT2D eigenvalue weighted by atomic mass is 15.2. The number of nitrogens with two attached hydrogens (primary N) is 1. The van der Waals surface area contributed by atoms with E-state index in [4.69, 9.17) is 5.73 Å². The van der Waals surface area contributed by atoms with Crippen LogP contribution in [0, 0.1) is 5.92 Å². The van der Waals surface area contributed by atoms with Gasteiger partial charge in [0.1, 0.15) is 0 Å². The first-order valence-corrected chi connectivity index (χ1v) is 7.17. The lowest BCUT2D eigenvalue weighted by atomic mass is 9.88. The van der Waals surface area contributed by atoms with Crippen LogP contribution in [0.5, 0.6) is 0 Å². The summed E-state index contributed by atoms with van der Waals surface area (Å²) in [6.45, 7) is 10.2. The maximum Gasteiger partial charge on any atom is 0.0329 e. The van der Waals surface area contributed by atoms with Crippen molar-refractivity contribution in [3.63, 3.8) is 0 Å². The normalized spacial score (nSPS) is 20.1. The summed E-state index contributed by atoms with van der Waals surface area (Å²) in [5, 5.41) is 0. The van der Waals surface area contributed by atoms with Gasteiger partial charge in [-0.2, -0.15) is 0 Å². The molecule has 0 aliphatic heterocycles. The molecule has 2 N–H and O–H groups in total. The molecular formula is C14H30N2. The standard InChI is InChI=1S/C14H30N2/c1-4-9-14(6-3,12-15)16(10-5-2)11-13-7-8-13/h13H,4-12,15H2,1-3H3. The minimum atomic E-state index is 0.285. The topological polar surface area (TPSA) is 29.3 Å². The van der Waals surface area contributed by atoms with Gasteiger partial charge in [-0.15, -0.1) is 0 Å². The fourth-order valence-electron chi connectivity index (χ4n) is 2.80. The maximum absolute atomic E-state index is 6.09. The Balaban J connectivity index is 2.66. The molecule has 0 aromatic rings. The Bertz CT molecular complexity index is 183. The first-order valence-electron chi connectivity index (χ1n) is 7.17. The van der Waals surface area contributed by atoms with Crippen molar-refractivity contribution in [2.45, 2.75) is 64.8 Å². The molecule has 0 saturated heterocycles. The van der Waals surface area contributed by atoms with Crippen molar-refractivity contribution >= 4 is 0 Å². The zero-order chi connectivity index (χ0) is 12.0. The van der Waals surface area contributed by atoms with E-state index in [1.54, 1.807) is 0 Å². The fraction of sp³-hybridized carbons (Fsp3) is 1.00. The molecule has 1 saturated carbocycles. The highest BCUT2D eigenvalue weighted by Crippen LogP contribution is 2.34. The van der Waals surface area contributed by atoms with E-state index in [1.807, 2.05) is 0 Å². The van der Waals surface area contributed by atoms with Gasteiger partial charge in [-0.05, 0) is 44.6 Å². The molecule has 1 unspecified atom stereocenters. The lowest BCUT2D eigenvalue weighted by Gasteiger charge is -2.43. The molecule has 16 heavy (non-hydrogen) atoms. The van der Waals surface area contributed by atoms with Gasteiger partial charge in [-0.1, -0.05) is 27.2 Å². The van der Waals surface area contributed by atoms with Crippen molar-refractivity contribution in [3.8, 4) is 0 Å². The van der Waals surface area contributed by atoms with Gasteiger partial charge < -0.3 is 5.73 Å². The SMILES string of the molecule is CCCN(CC1CC1)C(CC)(CN)CCC. The number of hydrogen-bond donors (Lipinski definition) is 1. The number of hydrogen-bond acceptors (Lipinski definition) is 2. The van der Waals surface area contributed by atoms with E-state index in [2.05, 4.69) is 25.7 Å². The first kappa shape index (κ1) is 14.0. The summed E-state index contributed by atoms with van der Waals surface area (Å²) in [6.07, 6.45) is 7.83. The van der Waals surface area contributed by atoms with E-state index in [0.29, 0.717) is 0 Å². The molecule has 2 nitrogen and oxygen atoms in total. The first-order chi connectivity index (χ1) is 7.72. The summed E-state index contributed by atoms with van der Waals surface area (Å²) >= 11 is 0. The zero-order valence-corrected chi connectivity index (χ0v) is 11.5. The summed E-state index contributed by atoms with van der Waals surface area (Å²) in [5.74, 6) is 0.973. The van der Waals surface area contributed by atoms with Gasteiger partial charge in [0.25, 0.3) is 0 Å². The van der Waals surface area contributed by atoms with Crippen molar-refractivity contribution in [1.29, 1.82) is 0 Å². The van der Waals surface area contributed by atoms with E-state index in [9.17, 15) is 0 Å². The average Bonchev–Trinajstić information content (AvgIpc) is 3.09. The van der Waals surface area contributed by atoms with Crippen LogP contribution in [-0.4, -0.2) is 30.1 Å². The van der Waals surface area contributed by atoms with Crippen LogP contribution in [-0.2, 0) is 0 Å². The molecule has 0 radical (unpaired) electrons. The Morgan fingerprint density at radius 3 is 2.25 bits per heavy atom. The van der Waals surface area contributed by atoms with Gasteiger partial charge in [-0.25, -0.2) is 0 Å². The molecule has 0 aromatic carbocycles. The average molecular weight is 226 g/mol. The Hall–Kier alpha value is -0.0800. The molecule has 96 valence electrons. The summed E-state index contributed by atoms with van der Waals surface area (Å²) in [4.78, 5) is 2.70. The van der Waals surface area contributed by atoms with Crippen molar-refractivity contribution in [2.24, 2.45) is 11.7 Å². The number of nitrogens with zero attached hydrogens (tertiary/aromatic N) is 1. The fourth-order valence-corrected chi connectivity index (χ4v) is 2.80. The molecule has 1 aliphatic rings. The Kier molecular flexibility index (Phi) is 5.77. The maximum atomic E-state index is 6.09. The highest BCUT2D eigenvalue weighted by molar-refractivity contribution is 4.92. The summed E-state index contributed by atoms with van der Waals surface area (Å²) < 4.78 is 0. The van der Waals surface area contributed by atoms with Crippen LogP contribution < -0.4 is 5.73 Å². The third-order valence-electron chi connectivity index (χ3n) is 4.09.